The van der Waals surface area contributed by atoms with Gasteiger partial charge in [0.2, 0.25) is 0 Å². The zero-order chi connectivity index (χ0) is 14.4. The third kappa shape index (κ3) is 4.49. The lowest BCUT2D eigenvalue weighted by Crippen LogP contribution is -2.35. The van der Waals surface area contributed by atoms with Gasteiger partial charge in [0.1, 0.15) is 0 Å². The van der Waals surface area contributed by atoms with Crippen LogP contribution in [-0.4, -0.2) is 37.0 Å². The first-order valence-corrected chi connectivity index (χ1v) is 7.34. The molecule has 2 rings (SSSR count). The Morgan fingerprint density at radius 2 is 2.05 bits per heavy atom. The van der Waals surface area contributed by atoms with Crippen molar-refractivity contribution in [1.29, 1.82) is 0 Å². The number of carbonyl (C=O) groups excluding carboxylic acids is 1. The van der Waals surface area contributed by atoms with Crippen LogP contribution in [0.25, 0.3) is 0 Å². The van der Waals surface area contributed by atoms with Gasteiger partial charge in [0.05, 0.1) is 5.56 Å². The number of rotatable bonds is 5. The van der Waals surface area contributed by atoms with Crippen molar-refractivity contribution in [2.75, 3.05) is 26.2 Å². The Morgan fingerprint density at radius 3 is 2.70 bits per heavy atom. The number of nitrogens with one attached hydrogen (secondary N) is 1. The quantitative estimate of drug-likeness (QED) is 0.499. The number of amides is 1. The van der Waals surface area contributed by atoms with E-state index in [1.165, 1.54) is 50.5 Å². The van der Waals surface area contributed by atoms with Gasteiger partial charge in [-0.1, -0.05) is 6.92 Å². The van der Waals surface area contributed by atoms with Gasteiger partial charge in [0, 0.05) is 18.7 Å². The maximum atomic E-state index is 11.8. The highest BCUT2D eigenvalue weighted by atomic mass is 16.5. The number of hydrogen-bond acceptors (Lipinski definition) is 3. The highest BCUT2D eigenvalue weighted by Gasteiger charge is 2.14. The molecule has 1 aliphatic rings. The van der Waals surface area contributed by atoms with Gasteiger partial charge in [0.25, 0.3) is 5.91 Å². The van der Waals surface area contributed by atoms with Crippen LogP contribution in [0.5, 0.6) is 0 Å². The number of piperidine rings is 1. The maximum Gasteiger partial charge on any atom is 0.251 e. The summed E-state index contributed by atoms with van der Waals surface area (Å²) in [6.45, 7) is 6.39. The molecular formula is C15H23N3O2. The van der Waals surface area contributed by atoms with E-state index in [-0.39, 0.29) is 5.91 Å². The van der Waals surface area contributed by atoms with Crippen molar-refractivity contribution < 1.29 is 9.52 Å². The second kappa shape index (κ2) is 7.24. The van der Waals surface area contributed by atoms with E-state index in [4.69, 9.17) is 0 Å². The van der Waals surface area contributed by atoms with Crippen molar-refractivity contribution in [2.45, 2.75) is 26.2 Å². The van der Waals surface area contributed by atoms with E-state index >= 15 is 0 Å². The van der Waals surface area contributed by atoms with Crippen molar-refractivity contribution in [2.24, 2.45) is 5.92 Å². The molecule has 1 aromatic rings. The summed E-state index contributed by atoms with van der Waals surface area (Å²) in [5.41, 5.74) is 0.531. The molecule has 20 heavy (non-hydrogen) atoms. The van der Waals surface area contributed by atoms with Gasteiger partial charge in [-0.05, 0) is 44.8 Å². The molecule has 0 aliphatic carbocycles. The predicted molar refractivity (Wildman–Crippen MR) is 77.2 cm³/mol. The van der Waals surface area contributed by atoms with Crippen LogP contribution in [0.15, 0.2) is 24.5 Å². The number of nitrogens with zero attached hydrogens (tertiary/aromatic N) is 2. The van der Waals surface area contributed by atoms with Crippen LogP contribution in [0.1, 0.15) is 36.5 Å². The monoisotopic (exact) mass is 277 g/mol. The van der Waals surface area contributed by atoms with Gasteiger partial charge >= 0.3 is 0 Å². The molecule has 2 heterocycles. The van der Waals surface area contributed by atoms with E-state index in [0.717, 1.165) is 18.9 Å². The standard InChI is InChI=1S/C15H23N3O2/c1-13-3-9-17(10-4-13)8-2-7-16-15(19)14-5-11-18(20)12-6-14/h5-6,11-13H,2-4,7-10H2,1H3,(H,16,19). The summed E-state index contributed by atoms with van der Waals surface area (Å²) in [7, 11) is 0. The minimum absolute atomic E-state index is 0.113. The number of likely N-dealkylation sites (tertiary alicyclic amines) is 1. The Bertz CT molecular complexity index is 425. The fraction of sp³-hybridized carbons (Fsp3) is 0.600. The summed E-state index contributed by atoms with van der Waals surface area (Å²) >= 11 is 0. The Morgan fingerprint density at radius 1 is 1.40 bits per heavy atom. The molecule has 1 amide bonds. The second-order valence-electron chi connectivity index (χ2n) is 5.58. The van der Waals surface area contributed by atoms with Crippen LogP contribution in [-0.2, 0) is 0 Å². The molecule has 1 N–H and O–H groups in total. The van der Waals surface area contributed by atoms with Gasteiger partial charge < -0.3 is 15.4 Å². The first-order chi connectivity index (χ1) is 9.65. The number of carbonyl (C=O) groups is 1. The molecule has 1 aliphatic heterocycles. The first kappa shape index (κ1) is 14.8. The molecule has 5 nitrogen and oxygen atoms in total. The van der Waals surface area contributed by atoms with E-state index in [1.54, 1.807) is 0 Å². The molecule has 1 saturated heterocycles. The zero-order valence-corrected chi connectivity index (χ0v) is 12.0. The van der Waals surface area contributed by atoms with Crippen LogP contribution in [0.3, 0.4) is 0 Å². The van der Waals surface area contributed by atoms with E-state index in [9.17, 15) is 10.0 Å². The second-order valence-corrected chi connectivity index (χ2v) is 5.58. The number of pyridine rings is 1. The molecule has 0 unspecified atom stereocenters. The average molecular weight is 277 g/mol. The zero-order valence-electron chi connectivity index (χ0n) is 12.0. The normalized spacial score (nSPS) is 17.1. The number of aromatic nitrogens is 1. The summed E-state index contributed by atoms with van der Waals surface area (Å²) < 4.78 is 0.675. The van der Waals surface area contributed by atoms with Crippen molar-refractivity contribution in [3.63, 3.8) is 0 Å². The Balaban J connectivity index is 1.63. The molecular weight excluding hydrogens is 254 g/mol. The Hall–Kier alpha value is -1.62. The molecule has 0 saturated carbocycles. The topological polar surface area (TPSA) is 59.3 Å². The van der Waals surface area contributed by atoms with Gasteiger partial charge in [-0.15, -0.1) is 0 Å². The van der Waals surface area contributed by atoms with E-state index in [1.807, 2.05) is 0 Å². The molecule has 5 heteroatoms. The summed E-state index contributed by atoms with van der Waals surface area (Å²) in [6, 6.07) is 3.07. The molecule has 1 fully saturated rings. The molecule has 0 atom stereocenters. The first-order valence-electron chi connectivity index (χ1n) is 7.34. The van der Waals surface area contributed by atoms with Crippen molar-refractivity contribution >= 4 is 5.91 Å². The highest BCUT2D eigenvalue weighted by molar-refractivity contribution is 5.93. The minimum Gasteiger partial charge on any atom is -0.619 e. The third-order valence-corrected chi connectivity index (χ3v) is 3.88. The Kier molecular flexibility index (Phi) is 5.35. The largest absolute Gasteiger partial charge is 0.619 e. The SMILES string of the molecule is CC1CCN(CCCNC(=O)c2cc[n+]([O-])cc2)CC1. The lowest BCUT2D eigenvalue weighted by atomic mass is 9.99. The van der Waals surface area contributed by atoms with Crippen LogP contribution >= 0.6 is 0 Å². The van der Waals surface area contributed by atoms with Gasteiger partial charge in [-0.2, -0.15) is 4.73 Å². The summed E-state index contributed by atoms with van der Waals surface area (Å²) in [4.78, 5) is 14.3. The third-order valence-electron chi connectivity index (χ3n) is 3.88. The average Bonchev–Trinajstić information content (AvgIpc) is 2.46. The Labute approximate surface area is 120 Å². The van der Waals surface area contributed by atoms with Crippen LogP contribution in [0, 0.1) is 11.1 Å². The fourth-order valence-corrected chi connectivity index (χ4v) is 2.46. The van der Waals surface area contributed by atoms with E-state index < -0.39 is 0 Å². The minimum atomic E-state index is -0.113. The molecule has 1 aromatic heterocycles. The molecule has 0 radical (unpaired) electrons. The molecule has 0 spiro atoms. The van der Waals surface area contributed by atoms with Crippen LogP contribution in [0.4, 0.5) is 0 Å². The highest BCUT2D eigenvalue weighted by Crippen LogP contribution is 2.15. The predicted octanol–water partition coefficient (Wildman–Crippen LogP) is 1.17. The van der Waals surface area contributed by atoms with Gasteiger partial charge in [-0.25, -0.2) is 0 Å². The molecule has 0 aromatic carbocycles. The number of hydrogen-bond donors (Lipinski definition) is 1. The van der Waals surface area contributed by atoms with E-state index in [0.29, 0.717) is 16.8 Å². The van der Waals surface area contributed by atoms with Crippen molar-refractivity contribution in [3.8, 4) is 0 Å². The summed E-state index contributed by atoms with van der Waals surface area (Å²) in [6.07, 6.45) is 6.21. The van der Waals surface area contributed by atoms with E-state index in [2.05, 4.69) is 17.1 Å². The molecule has 0 bridgehead atoms. The summed E-state index contributed by atoms with van der Waals surface area (Å²) in [5, 5.41) is 13.8. The van der Waals surface area contributed by atoms with Gasteiger partial charge in [-0.3, -0.25) is 4.79 Å². The molecule has 110 valence electrons. The van der Waals surface area contributed by atoms with Crippen LogP contribution in [0.2, 0.25) is 0 Å². The lowest BCUT2D eigenvalue weighted by Gasteiger charge is -2.30. The van der Waals surface area contributed by atoms with Crippen LogP contribution < -0.4 is 10.0 Å². The van der Waals surface area contributed by atoms with Crippen molar-refractivity contribution in [3.05, 3.63) is 35.3 Å². The lowest BCUT2D eigenvalue weighted by molar-refractivity contribution is -0.605. The van der Waals surface area contributed by atoms with Gasteiger partial charge in [0.15, 0.2) is 12.4 Å². The summed E-state index contributed by atoms with van der Waals surface area (Å²) in [5.74, 6) is 0.741. The van der Waals surface area contributed by atoms with Crippen molar-refractivity contribution in [1.82, 2.24) is 10.2 Å². The maximum absolute atomic E-state index is 11.8. The fourth-order valence-electron chi connectivity index (χ4n) is 2.46. The smallest absolute Gasteiger partial charge is 0.251 e.